The summed E-state index contributed by atoms with van der Waals surface area (Å²) in [4.78, 5) is 16.6. The number of rotatable bonds is 2. The third-order valence-corrected chi connectivity index (χ3v) is 3.28. The third-order valence-electron chi connectivity index (χ3n) is 3.28. The van der Waals surface area contributed by atoms with Crippen molar-refractivity contribution in [3.63, 3.8) is 0 Å². The van der Waals surface area contributed by atoms with Gasteiger partial charge in [0.25, 0.3) is 5.91 Å². The summed E-state index contributed by atoms with van der Waals surface area (Å²) in [7, 11) is 0. The number of benzene rings is 1. The van der Waals surface area contributed by atoms with Gasteiger partial charge in [-0.3, -0.25) is 4.79 Å². The van der Waals surface area contributed by atoms with Gasteiger partial charge in [-0.15, -0.1) is 0 Å². The molecule has 1 atom stereocenters. The summed E-state index contributed by atoms with van der Waals surface area (Å²) in [6.07, 6.45) is -0.567. The minimum atomic E-state index is -0.567. The maximum Gasteiger partial charge on any atom is 0.268 e. The Kier molecular flexibility index (Phi) is 3.48. The number of carbonyl (C=O) groups is 1. The van der Waals surface area contributed by atoms with Crippen molar-refractivity contribution >= 4 is 17.4 Å². The van der Waals surface area contributed by atoms with Crippen LogP contribution in [-0.2, 0) is 4.79 Å². The fourth-order valence-electron chi connectivity index (χ4n) is 2.37. The van der Waals surface area contributed by atoms with Gasteiger partial charge in [0.15, 0.2) is 6.10 Å². The second kappa shape index (κ2) is 5.44. The van der Waals surface area contributed by atoms with E-state index in [0.717, 1.165) is 16.9 Å². The highest BCUT2D eigenvalue weighted by Crippen LogP contribution is 2.28. The molecule has 0 saturated heterocycles. The SMILES string of the molecule is Cc1cc(C)nc(NC(=O)C2CNc3ccccc3O2)c1. The van der Waals surface area contributed by atoms with Gasteiger partial charge in [0.2, 0.25) is 0 Å². The number of amides is 1. The van der Waals surface area contributed by atoms with Crippen LogP contribution in [0.25, 0.3) is 0 Å². The highest BCUT2D eigenvalue weighted by molar-refractivity contribution is 5.94. The number of carbonyl (C=O) groups excluding carboxylic acids is 1. The minimum Gasteiger partial charge on any atom is -0.477 e. The number of pyridine rings is 1. The highest BCUT2D eigenvalue weighted by atomic mass is 16.5. The normalized spacial score (nSPS) is 16.4. The molecule has 0 spiro atoms. The molecule has 0 fully saturated rings. The van der Waals surface area contributed by atoms with E-state index in [0.29, 0.717) is 18.1 Å². The zero-order chi connectivity index (χ0) is 14.8. The summed E-state index contributed by atoms with van der Waals surface area (Å²) in [5.41, 5.74) is 2.84. The van der Waals surface area contributed by atoms with E-state index in [2.05, 4.69) is 15.6 Å². The molecule has 3 rings (SSSR count). The average Bonchev–Trinajstić information content (AvgIpc) is 2.45. The molecular weight excluding hydrogens is 266 g/mol. The first-order valence-corrected chi connectivity index (χ1v) is 6.87. The molecule has 1 aromatic carbocycles. The summed E-state index contributed by atoms with van der Waals surface area (Å²) in [6.45, 7) is 4.31. The number of anilines is 2. The van der Waals surface area contributed by atoms with Crippen LogP contribution in [0.5, 0.6) is 5.75 Å². The van der Waals surface area contributed by atoms with Crippen molar-refractivity contribution in [1.29, 1.82) is 0 Å². The topological polar surface area (TPSA) is 63.2 Å². The summed E-state index contributed by atoms with van der Waals surface area (Å²) in [5.74, 6) is 1.05. The number of fused-ring (bicyclic) bond motifs is 1. The second-order valence-electron chi connectivity index (χ2n) is 5.14. The first-order valence-electron chi connectivity index (χ1n) is 6.87. The highest BCUT2D eigenvalue weighted by Gasteiger charge is 2.25. The first-order chi connectivity index (χ1) is 10.1. The van der Waals surface area contributed by atoms with Crippen molar-refractivity contribution in [3.05, 3.63) is 47.7 Å². The molecule has 0 aliphatic carbocycles. The molecule has 5 nitrogen and oxygen atoms in total. The lowest BCUT2D eigenvalue weighted by Crippen LogP contribution is -2.41. The van der Waals surface area contributed by atoms with Crippen LogP contribution in [0.1, 0.15) is 11.3 Å². The number of ether oxygens (including phenoxy) is 1. The van der Waals surface area contributed by atoms with Gasteiger partial charge in [-0.2, -0.15) is 0 Å². The zero-order valence-corrected chi connectivity index (χ0v) is 12.0. The van der Waals surface area contributed by atoms with Crippen molar-refractivity contribution in [1.82, 2.24) is 4.98 Å². The Morgan fingerprint density at radius 3 is 2.95 bits per heavy atom. The maximum atomic E-state index is 12.3. The number of hydrogen-bond donors (Lipinski definition) is 2. The zero-order valence-electron chi connectivity index (χ0n) is 12.0. The second-order valence-corrected chi connectivity index (χ2v) is 5.14. The quantitative estimate of drug-likeness (QED) is 0.889. The summed E-state index contributed by atoms with van der Waals surface area (Å²) in [5, 5.41) is 6.00. The molecule has 2 aromatic rings. The van der Waals surface area contributed by atoms with Crippen LogP contribution in [0.15, 0.2) is 36.4 Å². The molecule has 0 bridgehead atoms. The van der Waals surface area contributed by atoms with Crippen molar-refractivity contribution in [2.45, 2.75) is 20.0 Å². The van der Waals surface area contributed by atoms with Crippen LogP contribution in [0, 0.1) is 13.8 Å². The van der Waals surface area contributed by atoms with Crippen LogP contribution < -0.4 is 15.4 Å². The molecule has 1 unspecified atom stereocenters. The van der Waals surface area contributed by atoms with Gasteiger partial charge in [0, 0.05) is 5.69 Å². The van der Waals surface area contributed by atoms with Crippen molar-refractivity contribution in [3.8, 4) is 5.75 Å². The molecule has 2 heterocycles. The lowest BCUT2D eigenvalue weighted by molar-refractivity contribution is -0.122. The lowest BCUT2D eigenvalue weighted by atomic mass is 10.2. The molecule has 1 aromatic heterocycles. The monoisotopic (exact) mass is 283 g/mol. The fraction of sp³-hybridized carbons (Fsp3) is 0.250. The first kappa shape index (κ1) is 13.4. The molecule has 0 saturated carbocycles. The Morgan fingerprint density at radius 2 is 2.14 bits per heavy atom. The number of aromatic nitrogens is 1. The molecule has 21 heavy (non-hydrogen) atoms. The van der Waals surface area contributed by atoms with E-state index in [1.165, 1.54) is 0 Å². The molecule has 108 valence electrons. The van der Waals surface area contributed by atoms with Gasteiger partial charge in [-0.1, -0.05) is 12.1 Å². The Morgan fingerprint density at radius 1 is 1.33 bits per heavy atom. The molecule has 5 heteroatoms. The Labute approximate surface area is 123 Å². The standard InChI is InChI=1S/C16H17N3O2/c1-10-7-11(2)18-15(8-10)19-16(20)14-9-17-12-5-3-4-6-13(12)21-14/h3-8,14,17H,9H2,1-2H3,(H,18,19,20). The van der Waals surface area contributed by atoms with Gasteiger partial charge in [-0.25, -0.2) is 4.98 Å². The smallest absolute Gasteiger partial charge is 0.268 e. The summed E-state index contributed by atoms with van der Waals surface area (Å²) >= 11 is 0. The van der Waals surface area contributed by atoms with E-state index in [9.17, 15) is 4.79 Å². The van der Waals surface area contributed by atoms with E-state index in [1.807, 2.05) is 50.2 Å². The Bertz CT molecular complexity index is 665. The molecule has 1 aliphatic rings. The fourth-order valence-corrected chi connectivity index (χ4v) is 2.37. The van der Waals surface area contributed by atoms with Crippen LogP contribution in [0.4, 0.5) is 11.5 Å². The lowest BCUT2D eigenvalue weighted by Gasteiger charge is -2.26. The molecule has 1 amide bonds. The predicted octanol–water partition coefficient (Wildman–Crippen LogP) is 2.51. The number of hydrogen-bond acceptors (Lipinski definition) is 4. The summed E-state index contributed by atoms with van der Waals surface area (Å²) in [6, 6.07) is 11.4. The van der Waals surface area contributed by atoms with Crippen LogP contribution in [0.2, 0.25) is 0 Å². The molecular formula is C16H17N3O2. The van der Waals surface area contributed by atoms with Gasteiger partial charge >= 0.3 is 0 Å². The maximum absolute atomic E-state index is 12.3. The molecule has 1 aliphatic heterocycles. The largest absolute Gasteiger partial charge is 0.477 e. The Hall–Kier alpha value is -2.56. The van der Waals surface area contributed by atoms with Crippen molar-refractivity contribution in [2.75, 3.05) is 17.2 Å². The number of para-hydroxylation sites is 2. The summed E-state index contributed by atoms with van der Waals surface area (Å²) < 4.78 is 5.72. The minimum absolute atomic E-state index is 0.200. The number of nitrogens with zero attached hydrogens (tertiary/aromatic N) is 1. The van der Waals surface area contributed by atoms with E-state index in [1.54, 1.807) is 0 Å². The van der Waals surface area contributed by atoms with Gasteiger partial charge < -0.3 is 15.4 Å². The van der Waals surface area contributed by atoms with Crippen LogP contribution >= 0.6 is 0 Å². The van der Waals surface area contributed by atoms with E-state index in [4.69, 9.17) is 4.74 Å². The van der Waals surface area contributed by atoms with E-state index < -0.39 is 6.10 Å². The molecule has 0 radical (unpaired) electrons. The van der Waals surface area contributed by atoms with Crippen LogP contribution in [0.3, 0.4) is 0 Å². The Balaban J connectivity index is 1.72. The number of aryl methyl sites for hydroxylation is 2. The predicted molar refractivity (Wildman–Crippen MR) is 81.7 cm³/mol. The number of nitrogens with one attached hydrogen (secondary N) is 2. The van der Waals surface area contributed by atoms with Gasteiger partial charge in [0.1, 0.15) is 11.6 Å². The van der Waals surface area contributed by atoms with Crippen molar-refractivity contribution < 1.29 is 9.53 Å². The van der Waals surface area contributed by atoms with E-state index in [-0.39, 0.29) is 5.91 Å². The van der Waals surface area contributed by atoms with Gasteiger partial charge in [-0.05, 0) is 43.7 Å². The van der Waals surface area contributed by atoms with Crippen LogP contribution in [-0.4, -0.2) is 23.5 Å². The van der Waals surface area contributed by atoms with Crippen molar-refractivity contribution in [2.24, 2.45) is 0 Å². The third kappa shape index (κ3) is 2.97. The molecule has 2 N–H and O–H groups in total. The van der Waals surface area contributed by atoms with E-state index >= 15 is 0 Å². The van der Waals surface area contributed by atoms with Gasteiger partial charge in [0.05, 0.1) is 12.2 Å². The average molecular weight is 283 g/mol.